The van der Waals surface area contributed by atoms with Gasteiger partial charge < -0.3 is 10.1 Å². The fraction of sp³-hybridized carbons (Fsp3) is 0.278. The normalized spacial score (nSPS) is 14.4. The first-order chi connectivity index (χ1) is 12.4. The Morgan fingerprint density at radius 1 is 1.12 bits per heavy atom. The van der Waals surface area contributed by atoms with Crippen molar-refractivity contribution in [2.45, 2.75) is 24.2 Å². The van der Waals surface area contributed by atoms with Crippen LogP contribution in [-0.2, 0) is 14.8 Å². The van der Waals surface area contributed by atoms with Crippen molar-refractivity contribution >= 4 is 38.9 Å². The van der Waals surface area contributed by atoms with Crippen molar-refractivity contribution in [1.29, 1.82) is 0 Å². The van der Waals surface area contributed by atoms with Crippen LogP contribution in [0.25, 0.3) is 0 Å². The lowest BCUT2D eigenvalue weighted by molar-refractivity contribution is -0.122. The number of carbonyl (C=O) groups excluding carboxylic acids is 1. The van der Waals surface area contributed by atoms with Crippen LogP contribution >= 0.6 is 11.6 Å². The molecule has 6 nitrogen and oxygen atoms in total. The summed E-state index contributed by atoms with van der Waals surface area (Å²) in [6.45, 7) is 0. The molecule has 1 fully saturated rings. The Balaban J connectivity index is 1.81. The van der Waals surface area contributed by atoms with Crippen molar-refractivity contribution in [3.8, 4) is 5.75 Å². The standard InChI is InChI=1S/C18H19ClN2O4S/c1-25-15-8-5-13(6-9-15)21-26(23,24)17-11-14(7-10-16(17)19)20-18(22)12-3-2-4-12/h5-12,21H,2-4H2,1H3,(H,20,22). The molecule has 0 aromatic heterocycles. The summed E-state index contributed by atoms with van der Waals surface area (Å²) in [4.78, 5) is 12.0. The summed E-state index contributed by atoms with van der Waals surface area (Å²) in [5.41, 5.74) is 0.784. The highest BCUT2D eigenvalue weighted by atomic mass is 35.5. The lowest BCUT2D eigenvalue weighted by Crippen LogP contribution is -2.28. The highest BCUT2D eigenvalue weighted by molar-refractivity contribution is 7.92. The first kappa shape index (κ1) is 18.5. The van der Waals surface area contributed by atoms with Crippen LogP contribution in [0.4, 0.5) is 11.4 Å². The quantitative estimate of drug-likeness (QED) is 0.778. The lowest BCUT2D eigenvalue weighted by Gasteiger charge is -2.24. The van der Waals surface area contributed by atoms with E-state index < -0.39 is 10.0 Å². The molecule has 0 spiro atoms. The van der Waals surface area contributed by atoms with Crippen LogP contribution < -0.4 is 14.8 Å². The number of amides is 1. The Morgan fingerprint density at radius 3 is 2.35 bits per heavy atom. The number of sulfonamides is 1. The molecule has 0 radical (unpaired) electrons. The predicted octanol–water partition coefficient (Wildman–Crippen LogP) is 3.89. The molecule has 0 saturated heterocycles. The third kappa shape index (κ3) is 4.11. The van der Waals surface area contributed by atoms with Gasteiger partial charge in [-0.3, -0.25) is 9.52 Å². The number of rotatable bonds is 6. The Hall–Kier alpha value is -2.25. The summed E-state index contributed by atoms with van der Waals surface area (Å²) in [6, 6.07) is 10.9. The van der Waals surface area contributed by atoms with E-state index in [0.29, 0.717) is 17.1 Å². The van der Waals surface area contributed by atoms with Crippen LogP contribution in [0.2, 0.25) is 5.02 Å². The first-order valence-corrected chi connectivity index (χ1v) is 10.0. The average molecular weight is 395 g/mol. The molecule has 2 N–H and O–H groups in total. The van der Waals surface area contributed by atoms with Crippen LogP contribution in [0.5, 0.6) is 5.75 Å². The summed E-state index contributed by atoms with van der Waals surface area (Å²) >= 11 is 6.08. The first-order valence-electron chi connectivity index (χ1n) is 8.16. The van der Waals surface area contributed by atoms with E-state index in [0.717, 1.165) is 19.3 Å². The summed E-state index contributed by atoms with van der Waals surface area (Å²) in [5, 5.41) is 2.83. The van der Waals surface area contributed by atoms with Crippen molar-refractivity contribution in [2.75, 3.05) is 17.1 Å². The van der Waals surface area contributed by atoms with Crippen LogP contribution in [0.15, 0.2) is 47.4 Å². The van der Waals surface area contributed by atoms with Crippen molar-refractivity contribution in [3.05, 3.63) is 47.5 Å². The van der Waals surface area contributed by atoms with Crippen LogP contribution in [0, 0.1) is 5.92 Å². The van der Waals surface area contributed by atoms with Crippen LogP contribution in [0.1, 0.15) is 19.3 Å². The SMILES string of the molecule is COc1ccc(NS(=O)(=O)c2cc(NC(=O)C3CCC3)ccc2Cl)cc1. The van der Waals surface area contributed by atoms with Gasteiger partial charge in [-0.1, -0.05) is 18.0 Å². The molecule has 1 amide bonds. The number of ether oxygens (including phenoxy) is 1. The van der Waals surface area contributed by atoms with Gasteiger partial charge in [-0.25, -0.2) is 8.42 Å². The van der Waals surface area contributed by atoms with Crippen molar-refractivity contribution in [2.24, 2.45) is 5.92 Å². The van der Waals surface area contributed by atoms with Crippen molar-refractivity contribution in [3.63, 3.8) is 0 Å². The minimum absolute atomic E-state index is 0.00293. The largest absolute Gasteiger partial charge is 0.497 e. The number of hydrogen-bond donors (Lipinski definition) is 2. The smallest absolute Gasteiger partial charge is 0.263 e. The molecule has 8 heteroatoms. The minimum atomic E-state index is -3.91. The summed E-state index contributed by atoms with van der Waals surface area (Å²) in [5.74, 6) is 0.528. The fourth-order valence-electron chi connectivity index (χ4n) is 2.57. The van der Waals surface area contributed by atoms with Crippen LogP contribution in [-0.4, -0.2) is 21.4 Å². The number of halogens is 1. The fourth-order valence-corrected chi connectivity index (χ4v) is 4.16. The van der Waals surface area contributed by atoms with Crippen molar-refractivity contribution in [1.82, 2.24) is 0 Å². The number of carbonyl (C=O) groups is 1. The van der Waals surface area contributed by atoms with E-state index in [4.69, 9.17) is 16.3 Å². The monoisotopic (exact) mass is 394 g/mol. The van der Waals surface area contributed by atoms with E-state index in [1.54, 1.807) is 30.3 Å². The van der Waals surface area contributed by atoms with Gasteiger partial charge in [0, 0.05) is 17.3 Å². The maximum absolute atomic E-state index is 12.7. The van der Waals surface area contributed by atoms with Crippen LogP contribution in [0.3, 0.4) is 0 Å². The topological polar surface area (TPSA) is 84.5 Å². The Morgan fingerprint density at radius 2 is 1.77 bits per heavy atom. The van der Waals surface area contributed by atoms with Gasteiger partial charge in [0.25, 0.3) is 10.0 Å². The van der Waals surface area contributed by atoms with Gasteiger partial charge in [0.1, 0.15) is 10.6 Å². The van der Waals surface area contributed by atoms with Gasteiger partial charge in [0.05, 0.1) is 12.1 Å². The predicted molar refractivity (Wildman–Crippen MR) is 101 cm³/mol. The highest BCUT2D eigenvalue weighted by Gasteiger charge is 2.26. The maximum atomic E-state index is 12.7. The van der Waals surface area contributed by atoms with Gasteiger partial charge >= 0.3 is 0 Å². The molecule has 1 aliphatic rings. The average Bonchev–Trinajstić information content (AvgIpc) is 2.55. The highest BCUT2D eigenvalue weighted by Crippen LogP contribution is 2.30. The number of anilines is 2. The molecule has 1 saturated carbocycles. The van der Waals surface area contributed by atoms with Gasteiger partial charge in [-0.15, -0.1) is 0 Å². The molecule has 0 aliphatic heterocycles. The molecule has 0 unspecified atom stereocenters. The van der Waals surface area contributed by atoms with E-state index in [2.05, 4.69) is 10.0 Å². The number of benzene rings is 2. The number of hydrogen-bond acceptors (Lipinski definition) is 4. The summed E-state index contributed by atoms with van der Waals surface area (Å²) < 4.78 is 32.9. The third-order valence-corrected chi connectivity index (χ3v) is 6.17. The zero-order chi connectivity index (χ0) is 18.7. The zero-order valence-corrected chi connectivity index (χ0v) is 15.7. The van der Waals surface area contributed by atoms with E-state index in [1.165, 1.54) is 19.2 Å². The molecular formula is C18H19ClN2O4S. The second-order valence-electron chi connectivity index (χ2n) is 6.10. The summed E-state index contributed by atoms with van der Waals surface area (Å²) in [7, 11) is -2.38. The van der Waals surface area contributed by atoms with E-state index in [-0.39, 0.29) is 21.7 Å². The van der Waals surface area contributed by atoms with E-state index in [9.17, 15) is 13.2 Å². The molecule has 138 valence electrons. The molecule has 2 aromatic carbocycles. The van der Waals surface area contributed by atoms with Crippen molar-refractivity contribution < 1.29 is 17.9 Å². The van der Waals surface area contributed by atoms with Gasteiger partial charge in [-0.05, 0) is 55.3 Å². The number of methoxy groups -OCH3 is 1. The molecule has 3 rings (SSSR count). The lowest BCUT2D eigenvalue weighted by atomic mass is 9.85. The molecule has 0 atom stereocenters. The van der Waals surface area contributed by atoms with E-state index >= 15 is 0 Å². The molecule has 0 heterocycles. The second kappa shape index (κ2) is 7.55. The zero-order valence-electron chi connectivity index (χ0n) is 14.2. The minimum Gasteiger partial charge on any atom is -0.497 e. The molecular weight excluding hydrogens is 376 g/mol. The van der Waals surface area contributed by atoms with Gasteiger partial charge in [-0.2, -0.15) is 0 Å². The second-order valence-corrected chi connectivity index (χ2v) is 8.15. The van der Waals surface area contributed by atoms with E-state index in [1.807, 2.05) is 0 Å². The third-order valence-electron chi connectivity index (χ3n) is 4.31. The molecule has 2 aromatic rings. The maximum Gasteiger partial charge on any atom is 0.263 e. The Labute approximate surface area is 157 Å². The van der Waals surface area contributed by atoms with Gasteiger partial charge in [0.15, 0.2) is 0 Å². The molecule has 1 aliphatic carbocycles. The molecule has 0 bridgehead atoms. The summed E-state index contributed by atoms with van der Waals surface area (Å²) in [6.07, 6.45) is 2.78. The Kier molecular flexibility index (Phi) is 5.38. The number of nitrogens with one attached hydrogen (secondary N) is 2. The Bertz CT molecular complexity index is 909. The van der Waals surface area contributed by atoms with Gasteiger partial charge in [0.2, 0.25) is 5.91 Å². The molecule has 26 heavy (non-hydrogen) atoms.